The molecular weight excluding hydrogens is 202 g/mol. The van der Waals surface area contributed by atoms with Crippen LogP contribution in [0.3, 0.4) is 0 Å². The number of hydrogen-bond donors (Lipinski definition) is 0. The maximum absolute atomic E-state index is 12.1. The summed E-state index contributed by atoms with van der Waals surface area (Å²) in [6.07, 6.45) is 2.46. The van der Waals surface area contributed by atoms with Crippen molar-refractivity contribution in [3.63, 3.8) is 0 Å². The topological polar surface area (TPSA) is 29.5 Å². The van der Waals surface area contributed by atoms with Crippen molar-refractivity contribution in [2.75, 3.05) is 0 Å². The highest BCUT2D eigenvalue weighted by molar-refractivity contribution is 5.70. The number of nitrogens with zero attached hydrogens (tertiary/aromatic N) is 1. The van der Waals surface area contributed by atoms with Crippen LogP contribution in [0.25, 0.3) is 0 Å². The molecule has 1 saturated heterocycles. The minimum atomic E-state index is -0.373. The van der Waals surface area contributed by atoms with Crippen LogP contribution in [-0.2, 0) is 4.74 Å². The molecule has 2 bridgehead atoms. The average Bonchev–Trinajstić information content (AvgIpc) is 2.74. The second-order valence-corrected chi connectivity index (χ2v) is 6.66. The lowest BCUT2D eigenvalue weighted by Gasteiger charge is -2.34. The van der Waals surface area contributed by atoms with Crippen molar-refractivity contribution < 1.29 is 9.53 Å². The molecule has 3 fully saturated rings. The van der Waals surface area contributed by atoms with Crippen molar-refractivity contribution in [1.82, 2.24) is 4.90 Å². The molecule has 1 heterocycles. The van der Waals surface area contributed by atoms with E-state index in [-0.39, 0.29) is 11.7 Å². The van der Waals surface area contributed by atoms with E-state index < -0.39 is 0 Å². The molecule has 3 rings (SSSR count). The second kappa shape index (κ2) is 2.93. The number of piperidine rings is 1. The molecule has 0 N–H and O–H groups in total. The standard InChI is InChI=1S/C13H21NO2/c1-7-8-6-11(10-5-9(8)10)14(7)12(15)16-13(2,3)4/h7-11H,5-6H2,1-4H3/t7-,8+,9+,10+,11+/m0/s1. The largest absolute Gasteiger partial charge is 0.444 e. The lowest BCUT2D eigenvalue weighted by molar-refractivity contribution is 0.00837. The van der Waals surface area contributed by atoms with Gasteiger partial charge in [0.05, 0.1) is 0 Å². The molecule has 0 aromatic carbocycles. The summed E-state index contributed by atoms with van der Waals surface area (Å²) < 4.78 is 5.50. The number of hydrogen-bond acceptors (Lipinski definition) is 2. The first-order valence-corrected chi connectivity index (χ1v) is 6.40. The Kier molecular flexibility index (Phi) is 1.91. The van der Waals surface area contributed by atoms with Gasteiger partial charge >= 0.3 is 6.09 Å². The molecule has 2 saturated carbocycles. The Morgan fingerprint density at radius 2 is 1.88 bits per heavy atom. The minimum Gasteiger partial charge on any atom is -0.444 e. The van der Waals surface area contributed by atoms with Gasteiger partial charge in [-0.05, 0) is 58.3 Å². The summed E-state index contributed by atoms with van der Waals surface area (Å²) in [4.78, 5) is 14.1. The number of amides is 1. The van der Waals surface area contributed by atoms with E-state index in [2.05, 4.69) is 6.92 Å². The van der Waals surface area contributed by atoms with Crippen LogP contribution in [-0.4, -0.2) is 28.7 Å². The number of rotatable bonds is 0. The predicted molar refractivity (Wildman–Crippen MR) is 61.0 cm³/mol. The van der Waals surface area contributed by atoms with E-state index in [4.69, 9.17) is 4.74 Å². The van der Waals surface area contributed by atoms with Crippen LogP contribution in [0.1, 0.15) is 40.5 Å². The van der Waals surface area contributed by atoms with Gasteiger partial charge in [0.1, 0.15) is 5.60 Å². The summed E-state index contributed by atoms with van der Waals surface area (Å²) in [5.74, 6) is 2.48. The Morgan fingerprint density at radius 1 is 1.19 bits per heavy atom. The second-order valence-electron chi connectivity index (χ2n) is 6.66. The molecule has 0 spiro atoms. The molecule has 1 aliphatic heterocycles. The van der Waals surface area contributed by atoms with Gasteiger partial charge < -0.3 is 9.64 Å². The molecule has 3 nitrogen and oxygen atoms in total. The Balaban J connectivity index is 1.74. The van der Waals surface area contributed by atoms with E-state index in [1.165, 1.54) is 12.8 Å². The van der Waals surface area contributed by atoms with Crippen molar-refractivity contribution >= 4 is 6.09 Å². The third kappa shape index (κ3) is 1.36. The lowest BCUT2D eigenvalue weighted by atomic mass is 9.98. The van der Waals surface area contributed by atoms with Gasteiger partial charge in [0, 0.05) is 12.1 Å². The highest BCUT2D eigenvalue weighted by Crippen LogP contribution is 2.63. The van der Waals surface area contributed by atoms with Crippen LogP contribution < -0.4 is 0 Å². The van der Waals surface area contributed by atoms with Crippen molar-refractivity contribution in [2.45, 2.75) is 58.2 Å². The van der Waals surface area contributed by atoms with Gasteiger partial charge in [-0.15, -0.1) is 0 Å². The van der Waals surface area contributed by atoms with Crippen LogP contribution in [0.2, 0.25) is 0 Å². The fourth-order valence-corrected chi connectivity index (χ4v) is 3.80. The maximum Gasteiger partial charge on any atom is 0.410 e. The molecule has 0 aromatic heterocycles. The molecule has 1 amide bonds. The molecular formula is C13H21NO2. The molecule has 5 atom stereocenters. The SMILES string of the molecule is C[C@H]1[C@H]2C[C@H]([C@@H]3C[C@@H]32)N1C(=O)OC(C)(C)C. The first kappa shape index (κ1) is 10.4. The van der Waals surface area contributed by atoms with Crippen molar-refractivity contribution in [3.05, 3.63) is 0 Å². The van der Waals surface area contributed by atoms with Gasteiger partial charge in [-0.25, -0.2) is 4.79 Å². The van der Waals surface area contributed by atoms with E-state index in [0.717, 1.165) is 17.8 Å². The monoisotopic (exact) mass is 223 g/mol. The smallest absolute Gasteiger partial charge is 0.410 e. The van der Waals surface area contributed by atoms with E-state index in [1.807, 2.05) is 25.7 Å². The van der Waals surface area contributed by atoms with Crippen LogP contribution in [0, 0.1) is 17.8 Å². The highest BCUT2D eigenvalue weighted by atomic mass is 16.6. The Hall–Kier alpha value is -0.730. The number of carbonyl (C=O) groups is 1. The van der Waals surface area contributed by atoms with Gasteiger partial charge in [-0.1, -0.05) is 0 Å². The Morgan fingerprint density at radius 3 is 2.44 bits per heavy atom. The van der Waals surface area contributed by atoms with Crippen LogP contribution in [0.5, 0.6) is 0 Å². The van der Waals surface area contributed by atoms with Gasteiger partial charge in [0.15, 0.2) is 0 Å². The molecule has 0 aromatic rings. The first-order valence-electron chi connectivity index (χ1n) is 6.40. The lowest BCUT2D eigenvalue weighted by Crippen LogP contribution is -2.46. The first-order chi connectivity index (χ1) is 7.38. The summed E-state index contributed by atoms with van der Waals surface area (Å²) in [6.45, 7) is 7.99. The van der Waals surface area contributed by atoms with Gasteiger partial charge in [0.25, 0.3) is 0 Å². The molecule has 16 heavy (non-hydrogen) atoms. The molecule has 3 heteroatoms. The minimum absolute atomic E-state index is 0.0992. The fourth-order valence-electron chi connectivity index (χ4n) is 3.80. The van der Waals surface area contributed by atoms with E-state index in [1.54, 1.807) is 0 Å². The normalized spacial score (nSPS) is 44.5. The molecule has 0 radical (unpaired) electrons. The van der Waals surface area contributed by atoms with Crippen LogP contribution in [0.15, 0.2) is 0 Å². The predicted octanol–water partition coefficient (Wildman–Crippen LogP) is 2.65. The third-order valence-electron chi connectivity index (χ3n) is 4.47. The van der Waals surface area contributed by atoms with E-state index >= 15 is 0 Å². The zero-order valence-corrected chi connectivity index (χ0v) is 10.6. The van der Waals surface area contributed by atoms with Crippen LogP contribution >= 0.6 is 0 Å². The van der Waals surface area contributed by atoms with Crippen molar-refractivity contribution in [1.29, 1.82) is 0 Å². The quantitative estimate of drug-likeness (QED) is 0.632. The highest BCUT2D eigenvalue weighted by Gasteiger charge is 2.64. The Bertz CT molecular complexity index is 333. The molecule has 2 aliphatic carbocycles. The number of ether oxygens (including phenoxy) is 1. The zero-order valence-electron chi connectivity index (χ0n) is 10.6. The van der Waals surface area contributed by atoms with Gasteiger partial charge in [-0.3, -0.25) is 0 Å². The summed E-state index contributed by atoms with van der Waals surface area (Å²) in [5, 5.41) is 0. The summed E-state index contributed by atoms with van der Waals surface area (Å²) in [6, 6.07) is 0.878. The van der Waals surface area contributed by atoms with Gasteiger partial charge in [0.2, 0.25) is 0 Å². The van der Waals surface area contributed by atoms with E-state index in [9.17, 15) is 4.79 Å². The van der Waals surface area contributed by atoms with Gasteiger partial charge in [-0.2, -0.15) is 0 Å². The zero-order chi connectivity index (χ0) is 11.7. The fraction of sp³-hybridized carbons (Fsp3) is 0.923. The number of fused-ring (bicyclic) bond motifs is 5. The summed E-state index contributed by atoms with van der Waals surface area (Å²) in [5.41, 5.74) is -0.373. The maximum atomic E-state index is 12.1. The number of carbonyl (C=O) groups excluding carboxylic acids is 1. The molecule has 90 valence electrons. The van der Waals surface area contributed by atoms with Crippen LogP contribution in [0.4, 0.5) is 4.79 Å². The molecule has 3 aliphatic rings. The molecule has 0 unspecified atom stereocenters. The Labute approximate surface area is 97.1 Å². The van der Waals surface area contributed by atoms with Crippen molar-refractivity contribution in [3.8, 4) is 0 Å². The summed E-state index contributed by atoms with van der Waals surface area (Å²) in [7, 11) is 0. The summed E-state index contributed by atoms with van der Waals surface area (Å²) >= 11 is 0. The number of likely N-dealkylation sites (tertiary alicyclic amines) is 1. The average molecular weight is 223 g/mol. The third-order valence-corrected chi connectivity index (χ3v) is 4.47. The van der Waals surface area contributed by atoms with E-state index in [0.29, 0.717) is 12.1 Å². The van der Waals surface area contributed by atoms with Crippen molar-refractivity contribution in [2.24, 2.45) is 17.8 Å².